The van der Waals surface area contributed by atoms with Crippen LogP contribution in [-0.4, -0.2) is 33.1 Å². The normalized spacial score (nSPS) is 16.8. The van der Waals surface area contributed by atoms with E-state index in [4.69, 9.17) is 12.2 Å². The van der Waals surface area contributed by atoms with Crippen molar-refractivity contribution < 1.29 is 9.59 Å². The number of hydrogen-bond acceptors (Lipinski definition) is 5. The standard InChI is InChI=1S/C18H24N2O2S3/c1-18(2,3)19-15(21)9-5-4-6-10-20-16(22)14(25-17(20)23)12-13-8-7-11-24-13/h7-8,11-12H,4-6,9-10H2,1-3H3,(H,19,21)/b14-12+. The summed E-state index contributed by atoms with van der Waals surface area (Å²) >= 11 is 8.31. The quantitative estimate of drug-likeness (QED) is 0.421. The molecule has 0 aromatic carbocycles. The lowest BCUT2D eigenvalue weighted by Crippen LogP contribution is -2.40. The Morgan fingerprint density at radius 3 is 2.72 bits per heavy atom. The van der Waals surface area contributed by atoms with Crippen LogP contribution in [-0.2, 0) is 9.59 Å². The van der Waals surface area contributed by atoms with Crippen molar-refractivity contribution in [2.75, 3.05) is 6.54 Å². The molecule has 1 N–H and O–H groups in total. The molecule has 2 rings (SSSR count). The van der Waals surface area contributed by atoms with E-state index in [9.17, 15) is 9.59 Å². The molecule has 0 aliphatic carbocycles. The topological polar surface area (TPSA) is 49.4 Å². The SMILES string of the molecule is CC(C)(C)NC(=O)CCCCCN1C(=O)/C(=C\c2cccs2)SC1=S. The van der Waals surface area contributed by atoms with Gasteiger partial charge in [0.2, 0.25) is 5.91 Å². The summed E-state index contributed by atoms with van der Waals surface area (Å²) in [7, 11) is 0. The Morgan fingerprint density at radius 1 is 1.32 bits per heavy atom. The van der Waals surface area contributed by atoms with Crippen molar-refractivity contribution in [1.29, 1.82) is 0 Å². The fourth-order valence-electron chi connectivity index (χ4n) is 2.41. The number of nitrogens with one attached hydrogen (secondary N) is 1. The van der Waals surface area contributed by atoms with Crippen LogP contribution in [0.4, 0.5) is 0 Å². The van der Waals surface area contributed by atoms with Crippen LogP contribution in [0.25, 0.3) is 6.08 Å². The third-order valence-corrected chi connectivity index (χ3v) is 5.69. The molecule has 0 atom stereocenters. The van der Waals surface area contributed by atoms with Gasteiger partial charge in [0.25, 0.3) is 5.91 Å². The maximum Gasteiger partial charge on any atom is 0.266 e. The van der Waals surface area contributed by atoms with Crippen LogP contribution in [0.2, 0.25) is 0 Å². The molecular weight excluding hydrogens is 372 g/mol. The summed E-state index contributed by atoms with van der Waals surface area (Å²) in [4.78, 5) is 27.7. The molecule has 1 aliphatic rings. The Hall–Kier alpha value is -1.18. The van der Waals surface area contributed by atoms with E-state index >= 15 is 0 Å². The highest BCUT2D eigenvalue weighted by molar-refractivity contribution is 8.26. The van der Waals surface area contributed by atoms with Crippen molar-refractivity contribution in [1.82, 2.24) is 10.2 Å². The minimum Gasteiger partial charge on any atom is -0.352 e. The summed E-state index contributed by atoms with van der Waals surface area (Å²) in [6.07, 6.45) is 5.00. The lowest BCUT2D eigenvalue weighted by Gasteiger charge is -2.20. The second-order valence-corrected chi connectivity index (χ2v) is 9.61. The molecule has 2 heterocycles. The van der Waals surface area contributed by atoms with Crippen LogP contribution in [0.1, 0.15) is 51.3 Å². The number of rotatable bonds is 7. The maximum absolute atomic E-state index is 12.5. The first-order valence-corrected chi connectivity index (χ1v) is 10.5. The van der Waals surface area contributed by atoms with Crippen molar-refractivity contribution in [3.63, 3.8) is 0 Å². The molecule has 0 radical (unpaired) electrons. The first kappa shape index (κ1) is 20.1. The van der Waals surface area contributed by atoms with Crippen LogP contribution >= 0.6 is 35.3 Å². The van der Waals surface area contributed by atoms with Gasteiger partial charge in [0.1, 0.15) is 4.32 Å². The summed E-state index contributed by atoms with van der Waals surface area (Å²) in [6.45, 7) is 6.55. The summed E-state index contributed by atoms with van der Waals surface area (Å²) in [5.74, 6) is 0.0749. The number of carbonyl (C=O) groups excluding carboxylic acids is 2. The number of thiocarbonyl (C=S) groups is 1. The van der Waals surface area contributed by atoms with Gasteiger partial charge in [-0.15, -0.1) is 11.3 Å². The van der Waals surface area contributed by atoms with Gasteiger partial charge in [0, 0.05) is 23.4 Å². The Bertz CT molecular complexity index is 660. The predicted octanol–water partition coefficient (Wildman–Crippen LogP) is 4.42. The number of hydrogen-bond donors (Lipinski definition) is 1. The highest BCUT2D eigenvalue weighted by Gasteiger charge is 2.31. The van der Waals surface area contributed by atoms with Gasteiger partial charge in [0.05, 0.1) is 4.91 Å². The fourth-order valence-corrected chi connectivity index (χ4v) is 4.44. The highest BCUT2D eigenvalue weighted by Crippen LogP contribution is 2.33. The zero-order valence-electron chi connectivity index (χ0n) is 14.8. The van der Waals surface area contributed by atoms with Crippen LogP contribution in [0.3, 0.4) is 0 Å². The van der Waals surface area contributed by atoms with Gasteiger partial charge in [-0.05, 0) is 51.1 Å². The highest BCUT2D eigenvalue weighted by atomic mass is 32.2. The molecule has 1 aliphatic heterocycles. The minimum absolute atomic E-state index is 0.00567. The average molecular weight is 397 g/mol. The lowest BCUT2D eigenvalue weighted by molar-refractivity contribution is -0.123. The van der Waals surface area contributed by atoms with Gasteiger partial charge in [-0.2, -0.15) is 0 Å². The van der Waals surface area contributed by atoms with Crippen molar-refractivity contribution in [2.24, 2.45) is 0 Å². The van der Waals surface area contributed by atoms with Gasteiger partial charge >= 0.3 is 0 Å². The Labute approximate surface area is 163 Å². The second-order valence-electron chi connectivity index (χ2n) is 6.96. The molecular formula is C18H24N2O2S3. The number of unbranched alkanes of at least 4 members (excludes halogenated alkanes) is 2. The maximum atomic E-state index is 12.5. The Morgan fingerprint density at radius 2 is 2.08 bits per heavy atom. The Kier molecular flexibility index (Phi) is 7.22. The van der Waals surface area contributed by atoms with Crippen molar-refractivity contribution >= 4 is 57.5 Å². The van der Waals surface area contributed by atoms with E-state index in [-0.39, 0.29) is 17.4 Å². The zero-order valence-corrected chi connectivity index (χ0v) is 17.3. The van der Waals surface area contributed by atoms with E-state index in [1.165, 1.54) is 11.8 Å². The summed E-state index contributed by atoms with van der Waals surface area (Å²) < 4.78 is 0.623. The van der Waals surface area contributed by atoms with Crippen molar-refractivity contribution in [2.45, 2.75) is 52.0 Å². The van der Waals surface area contributed by atoms with Crippen LogP contribution in [0.5, 0.6) is 0 Å². The Balaban J connectivity index is 1.73. The molecule has 0 unspecified atom stereocenters. The first-order valence-electron chi connectivity index (χ1n) is 8.36. The third kappa shape index (κ3) is 6.56. The van der Waals surface area contributed by atoms with E-state index < -0.39 is 0 Å². The molecule has 0 bridgehead atoms. The lowest BCUT2D eigenvalue weighted by atomic mass is 10.1. The molecule has 1 saturated heterocycles. The second kappa shape index (κ2) is 8.96. The number of thiophene rings is 1. The first-order chi connectivity index (χ1) is 11.8. The monoisotopic (exact) mass is 396 g/mol. The largest absolute Gasteiger partial charge is 0.352 e. The van der Waals surface area contributed by atoms with Crippen LogP contribution < -0.4 is 5.32 Å². The molecule has 2 amide bonds. The number of nitrogens with zero attached hydrogens (tertiary/aromatic N) is 1. The zero-order chi connectivity index (χ0) is 18.4. The molecule has 1 fully saturated rings. The van der Waals surface area contributed by atoms with E-state index in [1.807, 2.05) is 44.4 Å². The van der Waals surface area contributed by atoms with E-state index in [1.54, 1.807) is 16.2 Å². The van der Waals surface area contributed by atoms with E-state index in [0.717, 1.165) is 24.1 Å². The number of thioether (sulfide) groups is 1. The fraction of sp³-hybridized carbons (Fsp3) is 0.500. The average Bonchev–Trinajstić information content (AvgIpc) is 3.08. The van der Waals surface area contributed by atoms with Gasteiger partial charge in [-0.25, -0.2) is 0 Å². The van der Waals surface area contributed by atoms with Gasteiger partial charge in [-0.1, -0.05) is 36.5 Å². The van der Waals surface area contributed by atoms with Crippen LogP contribution in [0.15, 0.2) is 22.4 Å². The molecule has 25 heavy (non-hydrogen) atoms. The smallest absolute Gasteiger partial charge is 0.266 e. The van der Waals surface area contributed by atoms with Gasteiger partial charge in [0.15, 0.2) is 0 Å². The van der Waals surface area contributed by atoms with E-state index in [2.05, 4.69) is 5.32 Å². The molecule has 4 nitrogen and oxygen atoms in total. The molecule has 0 saturated carbocycles. The minimum atomic E-state index is -0.187. The third-order valence-electron chi connectivity index (χ3n) is 3.49. The van der Waals surface area contributed by atoms with E-state index in [0.29, 0.717) is 22.2 Å². The molecule has 136 valence electrons. The van der Waals surface area contributed by atoms with Gasteiger partial charge < -0.3 is 5.32 Å². The summed E-state index contributed by atoms with van der Waals surface area (Å²) in [5.41, 5.74) is -0.187. The summed E-state index contributed by atoms with van der Waals surface area (Å²) in [6, 6.07) is 3.95. The van der Waals surface area contributed by atoms with Crippen LogP contribution in [0, 0.1) is 0 Å². The summed E-state index contributed by atoms with van der Waals surface area (Å²) in [5, 5.41) is 4.95. The predicted molar refractivity (Wildman–Crippen MR) is 111 cm³/mol. The van der Waals surface area contributed by atoms with Crippen molar-refractivity contribution in [3.8, 4) is 0 Å². The molecule has 1 aromatic rings. The van der Waals surface area contributed by atoms with Crippen molar-refractivity contribution in [3.05, 3.63) is 27.3 Å². The molecule has 0 spiro atoms. The van der Waals surface area contributed by atoms with Gasteiger partial charge in [-0.3, -0.25) is 14.5 Å². The number of carbonyl (C=O) groups is 2. The molecule has 7 heteroatoms. The molecule has 1 aromatic heterocycles. The number of amides is 2.